The lowest BCUT2D eigenvalue weighted by Crippen LogP contribution is -1.71. The van der Waals surface area contributed by atoms with Gasteiger partial charge in [0, 0.05) is 5.39 Å². The summed E-state index contributed by atoms with van der Waals surface area (Å²) < 4.78 is 5.37. The van der Waals surface area contributed by atoms with Crippen LogP contribution in [0.3, 0.4) is 0 Å². The Balaban J connectivity index is 2.62. The molecule has 0 aliphatic carbocycles. The molecular weight excluding hydrogens is 195 g/mol. The van der Waals surface area contributed by atoms with Gasteiger partial charge in [0.1, 0.15) is 11.3 Å². The Kier molecular flexibility index (Phi) is 1.99. The Morgan fingerprint density at radius 1 is 1.17 bits per heavy atom. The molecule has 0 aliphatic heterocycles. The highest BCUT2D eigenvalue weighted by molar-refractivity contribution is 6.43. The highest BCUT2D eigenvalue weighted by Crippen LogP contribution is 2.29. The third kappa shape index (κ3) is 1.30. The van der Waals surface area contributed by atoms with E-state index in [1.165, 1.54) is 0 Å². The maximum absolute atomic E-state index is 5.65. The standard InChI is InChI=1S/C9H6Cl2O/c10-9(11)8-5-6-3-1-2-4-7(6)12-8/h1-5,9H. The molecule has 3 heteroatoms. The van der Waals surface area contributed by atoms with E-state index in [1.807, 2.05) is 30.3 Å². The number of para-hydroxylation sites is 1. The quantitative estimate of drug-likeness (QED) is 0.637. The first-order valence-corrected chi connectivity index (χ1v) is 4.41. The third-order valence-electron chi connectivity index (χ3n) is 1.66. The molecule has 0 atom stereocenters. The summed E-state index contributed by atoms with van der Waals surface area (Å²) in [4.78, 5) is -0.586. The Labute approximate surface area is 79.9 Å². The van der Waals surface area contributed by atoms with Crippen molar-refractivity contribution in [1.29, 1.82) is 0 Å². The fraction of sp³-hybridized carbons (Fsp3) is 0.111. The molecular formula is C9H6Cl2O. The summed E-state index contributed by atoms with van der Waals surface area (Å²) in [5.41, 5.74) is 0.818. The first-order valence-electron chi connectivity index (χ1n) is 3.54. The van der Waals surface area contributed by atoms with Gasteiger partial charge in [0.2, 0.25) is 0 Å². The van der Waals surface area contributed by atoms with Crippen molar-refractivity contribution in [1.82, 2.24) is 0 Å². The van der Waals surface area contributed by atoms with E-state index in [-0.39, 0.29) is 0 Å². The lowest BCUT2D eigenvalue weighted by molar-refractivity contribution is 0.569. The number of benzene rings is 1. The van der Waals surface area contributed by atoms with Crippen LogP contribution in [0, 0.1) is 0 Å². The molecule has 1 heterocycles. The fourth-order valence-corrected chi connectivity index (χ4v) is 1.33. The predicted octanol–water partition coefficient (Wildman–Crippen LogP) is 3.91. The lowest BCUT2D eigenvalue weighted by Gasteiger charge is -1.90. The van der Waals surface area contributed by atoms with Crippen LogP contribution in [-0.2, 0) is 0 Å². The van der Waals surface area contributed by atoms with Crippen molar-refractivity contribution < 1.29 is 4.42 Å². The van der Waals surface area contributed by atoms with Crippen molar-refractivity contribution in [2.45, 2.75) is 4.84 Å². The van der Waals surface area contributed by atoms with Crippen molar-refractivity contribution in [3.8, 4) is 0 Å². The zero-order chi connectivity index (χ0) is 8.55. The van der Waals surface area contributed by atoms with Gasteiger partial charge < -0.3 is 4.42 Å². The molecule has 2 aromatic rings. The summed E-state index contributed by atoms with van der Waals surface area (Å²) in [6.45, 7) is 0. The van der Waals surface area contributed by atoms with Crippen molar-refractivity contribution in [3.63, 3.8) is 0 Å². The zero-order valence-corrected chi connectivity index (χ0v) is 7.64. The predicted molar refractivity (Wildman–Crippen MR) is 50.7 cm³/mol. The molecule has 62 valence electrons. The molecule has 0 bridgehead atoms. The Hall–Kier alpha value is -0.660. The van der Waals surface area contributed by atoms with Crippen LogP contribution in [0.4, 0.5) is 0 Å². The minimum Gasteiger partial charge on any atom is -0.458 e. The van der Waals surface area contributed by atoms with E-state index in [4.69, 9.17) is 27.6 Å². The van der Waals surface area contributed by atoms with Gasteiger partial charge in [0.15, 0.2) is 4.84 Å². The summed E-state index contributed by atoms with van der Waals surface area (Å²) in [5, 5.41) is 1.03. The van der Waals surface area contributed by atoms with Crippen LogP contribution in [0.1, 0.15) is 10.6 Å². The average Bonchev–Trinajstić information content (AvgIpc) is 2.46. The topological polar surface area (TPSA) is 13.1 Å². The van der Waals surface area contributed by atoms with Gasteiger partial charge in [0.05, 0.1) is 0 Å². The summed E-state index contributed by atoms with van der Waals surface area (Å²) in [7, 11) is 0. The molecule has 0 radical (unpaired) electrons. The SMILES string of the molecule is ClC(Cl)c1cc2ccccc2o1. The summed E-state index contributed by atoms with van der Waals surface area (Å²) in [6.07, 6.45) is 0. The number of alkyl halides is 2. The summed E-state index contributed by atoms with van der Waals surface area (Å²) in [5.74, 6) is 0.597. The number of hydrogen-bond donors (Lipinski definition) is 0. The maximum atomic E-state index is 5.65. The fourth-order valence-electron chi connectivity index (χ4n) is 1.11. The van der Waals surface area contributed by atoms with Gasteiger partial charge in [-0.15, -0.1) is 0 Å². The molecule has 0 aliphatic rings. The summed E-state index contributed by atoms with van der Waals surface area (Å²) in [6, 6.07) is 9.54. The monoisotopic (exact) mass is 200 g/mol. The second-order valence-corrected chi connectivity index (χ2v) is 3.58. The van der Waals surface area contributed by atoms with Crippen LogP contribution >= 0.6 is 23.2 Å². The minimum atomic E-state index is -0.586. The number of rotatable bonds is 1. The molecule has 0 saturated carbocycles. The van der Waals surface area contributed by atoms with E-state index in [0.717, 1.165) is 11.0 Å². The molecule has 0 fully saturated rings. The van der Waals surface area contributed by atoms with E-state index in [1.54, 1.807) is 0 Å². The molecule has 0 amide bonds. The van der Waals surface area contributed by atoms with Gasteiger partial charge in [0.25, 0.3) is 0 Å². The molecule has 1 aromatic heterocycles. The molecule has 0 saturated heterocycles. The van der Waals surface area contributed by atoms with Crippen molar-refractivity contribution >= 4 is 34.2 Å². The zero-order valence-electron chi connectivity index (χ0n) is 6.13. The second kappa shape index (κ2) is 3.00. The number of hydrogen-bond acceptors (Lipinski definition) is 1. The molecule has 0 unspecified atom stereocenters. The first-order chi connectivity index (χ1) is 5.77. The first kappa shape index (κ1) is 7.96. The molecule has 1 aromatic carbocycles. The van der Waals surface area contributed by atoms with Crippen LogP contribution in [0.5, 0.6) is 0 Å². The van der Waals surface area contributed by atoms with E-state index >= 15 is 0 Å². The molecule has 0 spiro atoms. The third-order valence-corrected chi connectivity index (χ3v) is 2.09. The molecule has 2 rings (SSSR count). The normalized spacial score (nSPS) is 11.2. The van der Waals surface area contributed by atoms with Crippen LogP contribution in [0.2, 0.25) is 0 Å². The van der Waals surface area contributed by atoms with Crippen LogP contribution in [0.15, 0.2) is 34.7 Å². The maximum Gasteiger partial charge on any atom is 0.165 e. The highest BCUT2D eigenvalue weighted by atomic mass is 35.5. The largest absolute Gasteiger partial charge is 0.458 e. The van der Waals surface area contributed by atoms with Gasteiger partial charge in [-0.3, -0.25) is 0 Å². The Morgan fingerprint density at radius 2 is 1.92 bits per heavy atom. The number of halogens is 2. The van der Waals surface area contributed by atoms with Gasteiger partial charge in [-0.05, 0) is 12.1 Å². The number of furan rings is 1. The van der Waals surface area contributed by atoms with Gasteiger partial charge >= 0.3 is 0 Å². The lowest BCUT2D eigenvalue weighted by atomic mass is 10.2. The van der Waals surface area contributed by atoms with Crippen molar-refractivity contribution in [2.75, 3.05) is 0 Å². The van der Waals surface area contributed by atoms with Crippen LogP contribution in [-0.4, -0.2) is 0 Å². The van der Waals surface area contributed by atoms with E-state index < -0.39 is 4.84 Å². The minimum absolute atomic E-state index is 0.586. The van der Waals surface area contributed by atoms with Crippen LogP contribution in [0.25, 0.3) is 11.0 Å². The van der Waals surface area contributed by atoms with E-state index in [2.05, 4.69) is 0 Å². The molecule has 1 nitrogen and oxygen atoms in total. The van der Waals surface area contributed by atoms with Crippen molar-refractivity contribution in [3.05, 3.63) is 36.1 Å². The molecule has 0 N–H and O–H groups in total. The Morgan fingerprint density at radius 3 is 2.58 bits per heavy atom. The van der Waals surface area contributed by atoms with E-state index in [9.17, 15) is 0 Å². The molecule has 12 heavy (non-hydrogen) atoms. The van der Waals surface area contributed by atoms with Gasteiger partial charge in [-0.1, -0.05) is 41.4 Å². The highest BCUT2D eigenvalue weighted by Gasteiger charge is 2.09. The average molecular weight is 201 g/mol. The summed E-state index contributed by atoms with van der Waals surface area (Å²) >= 11 is 11.3. The second-order valence-electron chi connectivity index (χ2n) is 2.49. The van der Waals surface area contributed by atoms with Gasteiger partial charge in [-0.25, -0.2) is 0 Å². The van der Waals surface area contributed by atoms with E-state index in [0.29, 0.717) is 5.76 Å². The van der Waals surface area contributed by atoms with Crippen LogP contribution < -0.4 is 0 Å². The van der Waals surface area contributed by atoms with Gasteiger partial charge in [-0.2, -0.15) is 0 Å². The van der Waals surface area contributed by atoms with Crippen molar-refractivity contribution in [2.24, 2.45) is 0 Å². The smallest absolute Gasteiger partial charge is 0.165 e. The Bertz CT molecular complexity index is 359. The number of fused-ring (bicyclic) bond motifs is 1.